The van der Waals surface area contributed by atoms with E-state index in [4.69, 9.17) is 4.74 Å². The van der Waals surface area contributed by atoms with Gasteiger partial charge in [-0.25, -0.2) is 0 Å². The maximum Gasteiger partial charge on any atom is 0.203 e. The molecule has 0 aliphatic carbocycles. The molecule has 1 aliphatic heterocycles. The van der Waals surface area contributed by atoms with E-state index in [1.165, 1.54) is 12.8 Å². The fraction of sp³-hybridized carbons (Fsp3) is 0.500. The Balaban J connectivity index is 2.20. The van der Waals surface area contributed by atoms with Crippen molar-refractivity contribution in [1.82, 2.24) is 0 Å². The van der Waals surface area contributed by atoms with Crippen LogP contribution in [0.4, 0.5) is 5.69 Å². The summed E-state index contributed by atoms with van der Waals surface area (Å²) in [5, 5.41) is 0. The lowest BCUT2D eigenvalue weighted by Gasteiger charge is -2.23. The number of ether oxygens (including phenoxy) is 1. The van der Waals surface area contributed by atoms with Crippen LogP contribution in [-0.2, 0) is 0 Å². The lowest BCUT2D eigenvalue weighted by molar-refractivity contribution is 0.0961. The molecule has 0 N–H and O–H groups in total. The number of unbranched alkanes of at least 4 members (excludes halogenated alkanes) is 1. The Hall–Kier alpha value is -1.51. The molecule has 0 spiro atoms. The van der Waals surface area contributed by atoms with Crippen molar-refractivity contribution in [3.05, 3.63) is 23.8 Å². The molecule has 1 aliphatic rings. The molecule has 1 heterocycles. The molecule has 0 saturated heterocycles. The molecule has 0 aromatic heterocycles. The van der Waals surface area contributed by atoms with E-state index < -0.39 is 0 Å². The van der Waals surface area contributed by atoms with Crippen molar-refractivity contribution < 1.29 is 9.53 Å². The van der Waals surface area contributed by atoms with Crippen molar-refractivity contribution in [3.8, 4) is 5.75 Å². The predicted octanol–water partition coefficient (Wildman–Crippen LogP) is 2.89. The lowest BCUT2D eigenvalue weighted by Crippen LogP contribution is -2.23. The second-order valence-corrected chi connectivity index (χ2v) is 4.33. The van der Waals surface area contributed by atoms with Gasteiger partial charge in [0, 0.05) is 18.8 Å². The first-order valence-corrected chi connectivity index (χ1v) is 6.31. The fourth-order valence-electron chi connectivity index (χ4n) is 2.10. The minimum atomic E-state index is 0.0911. The van der Waals surface area contributed by atoms with E-state index in [0.29, 0.717) is 0 Å². The topological polar surface area (TPSA) is 29.5 Å². The number of ketones is 1. The van der Waals surface area contributed by atoms with E-state index in [1.807, 2.05) is 18.2 Å². The molecule has 17 heavy (non-hydrogen) atoms. The highest BCUT2D eigenvalue weighted by Crippen LogP contribution is 2.29. The Morgan fingerprint density at radius 3 is 2.88 bits per heavy atom. The molecule has 1 aromatic carbocycles. The number of nitrogens with zero attached hydrogens (tertiary/aromatic N) is 1. The largest absolute Gasteiger partial charge is 0.485 e. The van der Waals surface area contributed by atoms with Crippen LogP contribution in [-0.4, -0.2) is 25.5 Å². The van der Waals surface area contributed by atoms with Crippen LogP contribution in [0.15, 0.2) is 18.2 Å². The Bertz CT molecular complexity index is 415. The molecule has 0 unspecified atom stereocenters. The number of anilines is 1. The van der Waals surface area contributed by atoms with Crippen LogP contribution in [0.5, 0.6) is 5.75 Å². The van der Waals surface area contributed by atoms with E-state index >= 15 is 0 Å². The SMILES string of the molecule is CCCCN(CC)c1ccc2c(c1)C(=O)CO2. The van der Waals surface area contributed by atoms with Crippen LogP contribution < -0.4 is 9.64 Å². The summed E-state index contributed by atoms with van der Waals surface area (Å²) in [6.07, 6.45) is 2.36. The third kappa shape index (κ3) is 2.43. The number of carbonyl (C=O) groups excluding carboxylic acids is 1. The zero-order valence-corrected chi connectivity index (χ0v) is 10.5. The highest BCUT2D eigenvalue weighted by molar-refractivity contribution is 6.03. The molecule has 3 nitrogen and oxygen atoms in total. The highest BCUT2D eigenvalue weighted by Gasteiger charge is 2.21. The molecule has 1 aromatic rings. The average molecular weight is 233 g/mol. The van der Waals surface area contributed by atoms with Gasteiger partial charge in [0.2, 0.25) is 5.78 Å². The van der Waals surface area contributed by atoms with Gasteiger partial charge in [-0.3, -0.25) is 4.79 Å². The van der Waals surface area contributed by atoms with Crippen molar-refractivity contribution in [2.75, 3.05) is 24.6 Å². The van der Waals surface area contributed by atoms with Crippen LogP contribution in [0.2, 0.25) is 0 Å². The van der Waals surface area contributed by atoms with Gasteiger partial charge in [-0.2, -0.15) is 0 Å². The molecule has 92 valence electrons. The van der Waals surface area contributed by atoms with Crippen LogP contribution in [0.25, 0.3) is 0 Å². The van der Waals surface area contributed by atoms with Gasteiger partial charge in [-0.15, -0.1) is 0 Å². The monoisotopic (exact) mass is 233 g/mol. The summed E-state index contributed by atoms with van der Waals surface area (Å²) in [5.41, 5.74) is 1.86. The van der Waals surface area contributed by atoms with Crippen molar-refractivity contribution >= 4 is 11.5 Å². The summed E-state index contributed by atoms with van der Waals surface area (Å²) in [7, 11) is 0. The van der Waals surface area contributed by atoms with Gasteiger partial charge in [0.25, 0.3) is 0 Å². The minimum absolute atomic E-state index is 0.0911. The van der Waals surface area contributed by atoms with Gasteiger partial charge in [-0.05, 0) is 31.5 Å². The molecule has 0 bridgehead atoms. The second-order valence-electron chi connectivity index (χ2n) is 4.33. The normalized spacial score (nSPS) is 13.4. The molecular weight excluding hydrogens is 214 g/mol. The van der Waals surface area contributed by atoms with Crippen LogP contribution in [0, 0.1) is 0 Å². The van der Waals surface area contributed by atoms with Crippen molar-refractivity contribution in [2.24, 2.45) is 0 Å². The van der Waals surface area contributed by atoms with E-state index in [0.717, 1.165) is 30.1 Å². The van der Waals surface area contributed by atoms with Crippen LogP contribution in [0.3, 0.4) is 0 Å². The lowest BCUT2D eigenvalue weighted by atomic mass is 10.1. The number of rotatable bonds is 5. The maximum absolute atomic E-state index is 11.6. The van der Waals surface area contributed by atoms with E-state index in [1.54, 1.807) is 0 Å². The van der Waals surface area contributed by atoms with Crippen LogP contribution in [0.1, 0.15) is 37.0 Å². The van der Waals surface area contributed by atoms with Gasteiger partial charge in [0.05, 0.1) is 5.56 Å². The third-order valence-electron chi connectivity index (χ3n) is 3.15. The van der Waals surface area contributed by atoms with Gasteiger partial charge in [-0.1, -0.05) is 13.3 Å². The Kier molecular flexibility index (Phi) is 3.67. The Morgan fingerprint density at radius 1 is 1.35 bits per heavy atom. The first kappa shape index (κ1) is 12.0. The highest BCUT2D eigenvalue weighted by atomic mass is 16.5. The number of benzene rings is 1. The molecule has 2 rings (SSSR count). The summed E-state index contributed by atoms with van der Waals surface area (Å²) in [6.45, 7) is 6.53. The number of Topliss-reactive ketones (excluding diaryl/α,β-unsaturated/α-hetero) is 1. The summed E-state index contributed by atoms with van der Waals surface area (Å²) < 4.78 is 5.29. The summed E-state index contributed by atoms with van der Waals surface area (Å²) in [5.74, 6) is 0.818. The van der Waals surface area contributed by atoms with E-state index in [-0.39, 0.29) is 12.4 Å². The number of hydrogen-bond acceptors (Lipinski definition) is 3. The quantitative estimate of drug-likeness (QED) is 0.783. The zero-order chi connectivity index (χ0) is 12.3. The van der Waals surface area contributed by atoms with Gasteiger partial charge >= 0.3 is 0 Å². The molecular formula is C14H19NO2. The first-order chi connectivity index (χ1) is 8.26. The fourth-order valence-corrected chi connectivity index (χ4v) is 2.10. The molecule has 0 radical (unpaired) electrons. The maximum atomic E-state index is 11.6. The standard InChI is InChI=1S/C14H19NO2/c1-3-5-8-15(4-2)11-6-7-14-12(9-11)13(16)10-17-14/h6-7,9H,3-5,8,10H2,1-2H3. The minimum Gasteiger partial charge on any atom is -0.485 e. The first-order valence-electron chi connectivity index (χ1n) is 6.31. The molecule has 0 amide bonds. The predicted molar refractivity (Wildman–Crippen MR) is 69.1 cm³/mol. The van der Waals surface area contributed by atoms with Crippen molar-refractivity contribution in [1.29, 1.82) is 0 Å². The van der Waals surface area contributed by atoms with Crippen molar-refractivity contribution in [2.45, 2.75) is 26.7 Å². The molecule has 0 atom stereocenters. The van der Waals surface area contributed by atoms with E-state index in [9.17, 15) is 4.79 Å². The van der Waals surface area contributed by atoms with Crippen molar-refractivity contribution in [3.63, 3.8) is 0 Å². The zero-order valence-electron chi connectivity index (χ0n) is 10.5. The average Bonchev–Trinajstić information content (AvgIpc) is 2.72. The summed E-state index contributed by atoms with van der Waals surface area (Å²) >= 11 is 0. The number of carbonyl (C=O) groups is 1. The Labute approximate surface area is 102 Å². The Morgan fingerprint density at radius 2 is 2.18 bits per heavy atom. The molecule has 0 saturated carbocycles. The third-order valence-corrected chi connectivity index (χ3v) is 3.15. The van der Waals surface area contributed by atoms with E-state index in [2.05, 4.69) is 18.7 Å². The number of fused-ring (bicyclic) bond motifs is 1. The van der Waals surface area contributed by atoms with Gasteiger partial charge < -0.3 is 9.64 Å². The summed E-state index contributed by atoms with van der Waals surface area (Å²) in [4.78, 5) is 13.9. The molecule has 3 heteroatoms. The van der Waals surface area contributed by atoms with Crippen LogP contribution >= 0.6 is 0 Å². The number of hydrogen-bond donors (Lipinski definition) is 0. The molecule has 0 fully saturated rings. The van der Waals surface area contributed by atoms with Gasteiger partial charge in [0.1, 0.15) is 5.75 Å². The van der Waals surface area contributed by atoms with Gasteiger partial charge in [0.15, 0.2) is 6.61 Å². The second kappa shape index (κ2) is 5.21. The smallest absolute Gasteiger partial charge is 0.203 e. The summed E-state index contributed by atoms with van der Waals surface area (Å²) in [6, 6.07) is 5.91.